The van der Waals surface area contributed by atoms with Crippen molar-refractivity contribution in [3.8, 4) is 11.5 Å². The fourth-order valence-corrected chi connectivity index (χ4v) is 7.02. The number of thiophene rings is 1. The zero-order chi connectivity index (χ0) is 29.4. The fraction of sp³-hybridized carbons (Fsp3) is 0.387. The number of aryl methyl sites for hydroxylation is 1. The van der Waals surface area contributed by atoms with E-state index in [1.807, 2.05) is 25.1 Å². The third kappa shape index (κ3) is 7.42. The molecule has 0 saturated carbocycles. The highest BCUT2D eigenvalue weighted by molar-refractivity contribution is 8.00. The Hall–Kier alpha value is -3.50. The van der Waals surface area contributed by atoms with E-state index in [2.05, 4.69) is 10.6 Å². The number of benzene rings is 2. The van der Waals surface area contributed by atoms with Crippen LogP contribution in [0.3, 0.4) is 0 Å². The topological polar surface area (TPSA) is 103 Å². The summed E-state index contributed by atoms with van der Waals surface area (Å²) in [5.41, 5.74) is 2.41. The molecule has 1 aliphatic rings. The van der Waals surface area contributed by atoms with Gasteiger partial charge in [-0.3, -0.25) is 9.59 Å². The first kappa shape index (κ1) is 30.5. The number of hydrogen-bond acceptors (Lipinski definition) is 8. The normalized spacial score (nSPS) is 13.7. The summed E-state index contributed by atoms with van der Waals surface area (Å²) >= 11 is 2.86. The predicted molar refractivity (Wildman–Crippen MR) is 164 cm³/mol. The van der Waals surface area contributed by atoms with Gasteiger partial charge in [-0.05, 0) is 75.4 Å². The molecule has 10 heteroatoms. The molecule has 0 aliphatic heterocycles. The van der Waals surface area contributed by atoms with Gasteiger partial charge in [0.15, 0.2) is 0 Å². The molecule has 41 heavy (non-hydrogen) atoms. The second kappa shape index (κ2) is 14.4. The Morgan fingerprint density at radius 2 is 1.61 bits per heavy atom. The summed E-state index contributed by atoms with van der Waals surface area (Å²) in [5, 5.41) is 6.03. The summed E-state index contributed by atoms with van der Waals surface area (Å²) in [6.07, 6.45) is 6.14. The molecule has 0 saturated heterocycles. The number of methoxy groups -OCH3 is 2. The first-order chi connectivity index (χ1) is 19.9. The summed E-state index contributed by atoms with van der Waals surface area (Å²) in [5.74, 6) is -0.144. The molecule has 0 bridgehead atoms. The Morgan fingerprint density at radius 1 is 0.927 bits per heavy atom. The van der Waals surface area contributed by atoms with E-state index in [1.54, 1.807) is 31.2 Å². The van der Waals surface area contributed by atoms with Gasteiger partial charge in [0.25, 0.3) is 5.91 Å². The number of esters is 1. The molecule has 8 nitrogen and oxygen atoms in total. The fourth-order valence-electron chi connectivity index (χ4n) is 4.81. The number of fused-ring (bicyclic) bond motifs is 1. The van der Waals surface area contributed by atoms with Crippen LogP contribution in [0.1, 0.15) is 70.7 Å². The molecule has 218 valence electrons. The number of anilines is 2. The average molecular weight is 597 g/mol. The van der Waals surface area contributed by atoms with E-state index >= 15 is 0 Å². The van der Waals surface area contributed by atoms with Crippen LogP contribution in [-0.2, 0) is 22.4 Å². The molecule has 2 N–H and O–H groups in total. The summed E-state index contributed by atoms with van der Waals surface area (Å²) in [6, 6.07) is 12.4. The molecule has 1 unspecified atom stereocenters. The van der Waals surface area contributed by atoms with E-state index in [0.717, 1.165) is 42.6 Å². The van der Waals surface area contributed by atoms with Crippen molar-refractivity contribution in [2.24, 2.45) is 0 Å². The molecule has 0 fully saturated rings. The number of amides is 2. The molecule has 0 radical (unpaired) electrons. The first-order valence-corrected chi connectivity index (χ1v) is 15.5. The lowest BCUT2D eigenvalue weighted by atomic mass is 9.96. The summed E-state index contributed by atoms with van der Waals surface area (Å²) in [7, 11) is 3.00. The molecule has 1 heterocycles. The zero-order valence-corrected chi connectivity index (χ0v) is 25.5. The van der Waals surface area contributed by atoms with Crippen LogP contribution in [0.4, 0.5) is 10.7 Å². The second-order valence-electron chi connectivity index (χ2n) is 9.61. The van der Waals surface area contributed by atoms with Crippen LogP contribution in [0.2, 0.25) is 0 Å². The molecular formula is C31H36N2O6S2. The van der Waals surface area contributed by atoms with Crippen molar-refractivity contribution in [2.75, 3.05) is 31.5 Å². The van der Waals surface area contributed by atoms with E-state index in [4.69, 9.17) is 14.2 Å². The molecular weight excluding hydrogens is 560 g/mol. The highest BCUT2D eigenvalue weighted by Gasteiger charge is 2.27. The maximum atomic E-state index is 13.3. The van der Waals surface area contributed by atoms with Crippen LogP contribution in [-0.4, -0.2) is 43.9 Å². The van der Waals surface area contributed by atoms with Crippen molar-refractivity contribution >= 4 is 51.6 Å². The van der Waals surface area contributed by atoms with Crippen LogP contribution in [0.15, 0.2) is 47.4 Å². The van der Waals surface area contributed by atoms with Crippen molar-refractivity contribution in [3.05, 3.63) is 64.0 Å². The van der Waals surface area contributed by atoms with Crippen molar-refractivity contribution in [3.63, 3.8) is 0 Å². The minimum absolute atomic E-state index is 0.206. The lowest BCUT2D eigenvalue weighted by Crippen LogP contribution is -2.23. The van der Waals surface area contributed by atoms with E-state index in [-0.39, 0.29) is 24.4 Å². The van der Waals surface area contributed by atoms with Crippen LogP contribution in [0.5, 0.6) is 11.5 Å². The predicted octanol–water partition coefficient (Wildman–Crippen LogP) is 6.97. The molecule has 2 aromatic carbocycles. The minimum Gasteiger partial charge on any atom is -0.496 e. The van der Waals surface area contributed by atoms with E-state index in [0.29, 0.717) is 33.3 Å². The number of thioether (sulfide) groups is 1. The van der Waals surface area contributed by atoms with Gasteiger partial charge in [-0.2, -0.15) is 0 Å². The summed E-state index contributed by atoms with van der Waals surface area (Å²) < 4.78 is 16.1. The van der Waals surface area contributed by atoms with Crippen LogP contribution in [0.25, 0.3) is 0 Å². The third-order valence-corrected chi connectivity index (χ3v) is 9.12. The first-order valence-electron chi connectivity index (χ1n) is 13.8. The molecule has 1 aliphatic carbocycles. The zero-order valence-electron chi connectivity index (χ0n) is 23.8. The SMILES string of the molecule is CCOC(=O)c1c(NC(=O)C(C)Sc2cccc(NC(=O)c3c(OC)cccc3OC)c2)sc2c1CCCCCC2. The number of ether oxygens (including phenoxy) is 3. The quantitative estimate of drug-likeness (QED) is 0.192. The van der Waals surface area contributed by atoms with Gasteiger partial charge >= 0.3 is 5.97 Å². The maximum Gasteiger partial charge on any atom is 0.341 e. The van der Waals surface area contributed by atoms with Gasteiger partial charge in [-0.1, -0.05) is 25.0 Å². The van der Waals surface area contributed by atoms with Crippen LogP contribution in [0, 0.1) is 0 Å². The number of rotatable bonds is 10. The number of nitrogens with one attached hydrogen (secondary N) is 2. The van der Waals surface area contributed by atoms with E-state index < -0.39 is 5.25 Å². The summed E-state index contributed by atoms with van der Waals surface area (Å²) in [4.78, 5) is 41.3. The van der Waals surface area contributed by atoms with E-state index in [9.17, 15) is 14.4 Å². The minimum atomic E-state index is -0.463. The lowest BCUT2D eigenvalue weighted by molar-refractivity contribution is -0.115. The van der Waals surface area contributed by atoms with Crippen molar-refractivity contribution in [2.45, 2.75) is 62.5 Å². The number of hydrogen-bond donors (Lipinski definition) is 2. The molecule has 1 atom stereocenters. The number of carbonyl (C=O) groups is 3. The van der Waals surface area contributed by atoms with Crippen molar-refractivity contribution < 1.29 is 28.6 Å². The lowest BCUT2D eigenvalue weighted by Gasteiger charge is -2.15. The van der Waals surface area contributed by atoms with Crippen LogP contribution < -0.4 is 20.1 Å². The van der Waals surface area contributed by atoms with Gasteiger partial charge in [0.05, 0.1) is 31.6 Å². The molecule has 4 rings (SSSR count). The van der Waals surface area contributed by atoms with Crippen molar-refractivity contribution in [1.82, 2.24) is 0 Å². The molecule has 0 spiro atoms. The maximum absolute atomic E-state index is 13.3. The van der Waals surface area contributed by atoms with Gasteiger partial charge in [-0.25, -0.2) is 4.79 Å². The molecule has 1 aromatic heterocycles. The molecule has 2 amide bonds. The average Bonchev–Trinajstić information content (AvgIpc) is 3.28. The van der Waals surface area contributed by atoms with Gasteiger partial charge in [0, 0.05) is 15.5 Å². The Kier molecular flexibility index (Phi) is 10.7. The Balaban J connectivity index is 1.48. The Morgan fingerprint density at radius 3 is 2.29 bits per heavy atom. The van der Waals surface area contributed by atoms with Gasteiger partial charge in [0.1, 0.15) is 22.1 Å². The second-order valence-corrected chi connectivity index (χ2v) is 12.1. The third-order valence-electron chi connectivity index (χ3n) is 6.82. The molecule has 3 aromatic rings. The smallest absolute Gasteiger partial charge is 0.341 e. The highest BCUT2D eigenvalue weighted by Crippen LogP contribution is 2.38. The van der Waals surface area contributed by atoms with Gasteiger partial charge in [-0.15, -0.1) is 23.1 Å². The standard InChI is InChI=1S/C31H36N2O6S2/c1-5-39-31(36)26-22-14-8-6-7-9-17-25(22)41-30(26)33-28(34)19(2)40-21-13-10-12-20(18-21)32-29(35)27-23(37-3)15-11-16-24(27)38-4/h10-13,15-16,18-19H,5-9,14,17H2,1-4H3,(H,32,35)(H,33,34). The Labute approximate surface area is 249 Å². The largest absolute Gasteiger partial charge is 0.496 e. The highest BCUT2D eigenvalue weighted by atomic mass is 32.2. The van der Waals surface area contributed by atoms with E-state index in [1.165, 1.54) is 48.6 Å². The monoisotopic (exact) mass is 596 g/mol. The van der Waals surface area contributed by atoms with Crippen LogP contribution >= 0.6 is 23.1 Å². The van der Waals surface area contributed by atoms with Crippen molar-refractivity contribution in [1.29, 1.82) is 0 Å². The van der Waals surface area contributed by atoms with Gasteiger partial charge < -0.3 is 24.8 Å². The summed E-state index contributed by atoms with van der Waals surface area (Å²) in [6.45, 7) is 3.88. The Bertz CT molecular complexity index is 1380. The van der Waals surface area contributed by atoms with Gasteiger partial charge in [0.2, 0.25) is 5.91 Å². The number of carbonyl (C=O) groups excluding carboxylic acids is 3.